The number of hydrogen-bond acceptors (Lipinski definition) is 9. The first-order chi connectivity index (χ1) is 18.0. The Morgan fingerprint density at radius 1 is 0.950 bits per heavy atom. The van der Waals surface area contributed by atoms with Gasteiger partial charge in [0.1, 0.15) is 16.4 Å². The smallest absolute Gasteiger partial charge is 0.340 e. The van der Waals surface area contributed by atoms with Crippen LogP contribution in [0.25, 0.3) is 0 Å². The third-order valence-electron chi connectivity index (χ3n) is 5.04. The van der Waals surface area contributed by atoms with E-state index in [2.05, 4.69) is 10.1 Å². The molecule has 2 aromatic carbocycles. The Morgan fingerprint density at radius 3 is 2.30 bits per heavy atom. The molecule has 0 saturated heterocycles. The fourth-order valence-corrected chi connectivity index (χ4v) is 6.13. The summed E-state index contributed by atoms with van der Waals surface area (Å²) in [6, 6.07) is 13.3. The standard InChI is InChI=1S/C24H29N5O7S2.2ClH/c1-18-10-11-20(21(15-18)34-13-6-14-35-28-24(25)26)36-38(32,33)23-9-4-3-8-22(23)37(30,31)29(2)17-19-7-5-12-27-16-19;;/h3-5,7-12,15-16H,6,13-14,17H2,1-2H3,(H4,25,26,28);2*1H. The van der Waals surface area contributed by atoms with Crippen molar-refractivity contribution in [1.29, 1.82) is 0 Å². The summed E-state index contributed by atoms with van der Waals surface area (Å²) >= 11 is 0. The number of rotatable bonds is 13. The van der Waals surface area contributed by atoms with E-state index in [4.69, 9.17) is 25.2 Å². The summed E-state index contributed by atoms with van der Waals surface area (Å²) in [4.78, 5) is 7.95. The van der Waals surface area contributed by atoms with Crippen molar-refractivity contribution in [3.8, 4) is 11.5 Å². The molecule has 0 fully saturated rings. The first kappa shape index (κ1) is 34.7. The van der Waals surface area contributed by atoms with Crippen LogP contribution in [0, 0.1) is 6.92 Å². The minimum Gasteiger partial charge on any atom is -0.489 e. The lowest BCUT2D eigenvalue weighted by Gasteiger charge is -2.19. The van der Waals surface area contributed by atoms with Gasteiger partial charge in [-0.15, -0.1) is 24.8 Å². The van der Waals surface area contributed by atoms with Crippen molar-refractivity contribution in [3.63, 3.8) is 0 Å². The summed E-state index contributed by atoms with van der Waals surface area (Å²) in [5.41, 5.74) is 11.8. The van der Waals surface area contributed by atoms with Crippen LogP contribution in [0.3, 0.4) is 0 Å². The lowest BCUT2D eigenvalue weighted by Crippen LogP contribution is -2.28. The molecule has 4 N–H and O–H groups in total. The molecule has 0 aliphatic carbocycles. The molecular formula is C24H31Cl2N5O7S2. The van der Waals surface area contributed by atoms with Gasteiger partial charge < -0.3 is 25.2 Å². The zero-order valence-electron chi connectivity index (χ0n) is 21.7. The maximum atomic E-state index is 13.4. The van der Waals surface area contributed by atoms with Gasteiger partial charge in [-0.25, -0.2) is 8.42 Å². The van der Waals surface area contributed by atoms with Gasteiger partial charge in [0.25, 0.3) is 0 Å². The number of nitrogens with two attached hydrogens (primary N) is 2. The molecule has 16 heteroatoms. The van der Waals surface area contributed by atoms with Gasteiger partial charge in [-0.1, -0.05) is 24.3 Å². The molecule has 1 aromatic heterocycles. The van der Waals surface area contributed by atoms with Crippen LogP contribution in [0.4, 0.5) is 0 Å². The number of aryl methyl sites for hydroxylation is 1. The van der Waals surface area contributed by atoms with Crippen molar-refractivity contribution < 1.29 is 30.6 Å². The highest BCUT2D eigenvalue weighted by Crippen LogP contribution is 2.33. The number of nitrogens with zero attached hydrogens (tertiary/aromatic N) is 3. The number of pyridine rings is 1. The largest absolute Gasteiger partial charge is 0.489 e. The third-order valence-corrected chi connectivity index (χ3v) is 8.33. The highest BCUT2D eigenvalue weighted by Gasteiger charge is 2.31. The van der Waals surface area contributed by atoms with E-state index in [0.29, 0.717) is 12.0 Å². The lowest BCUT2D eigenvalue weighted by molar-refractivity contribution is 0.126. The lowest BCUT2D eigenvalue weighted by atomic mass is 10.2. The molecule has 40 heavy (non-hydrogen) atoms. The van der Waals surface area contributed by atoms with Crippen molar-refractivity contribution in [1.82, 2.24) is 9.29 Å². The average Bonchev–Trinajstić information content (AvgIpc) is 2.88. The van der Waals surface area contributed by atoms with E-state index < -0.39 is 29.9 Å². The van der Waals surface area contributed by atoms with E-state index in [1.54, 1.807) is 37.4 Å². The highest BCUT2D eigenvalue weighted by molar-refractivity contribution is 7.91. The van der Waals surface area contributed by atoms with Crippen LogP contribution < -0.4 is 20.4 Å². The second-order valence-electron chi connectivity index (χ2n) is 8.11. The Labute approximate surface area is 246 Å². The topological polar surface area (TPSA) is 177 Å². The number of guanidine groups is 1. The van der Waals surface area contributed by atoms with E-state index in [1.165, 1.54) is 43.6 Å². The van der Waals surface area contributed by atoms with E-state index in [-0.39, 0.29) is 62.0 Å². The predicted molar refractivity (Wildman–Crippen MR) is 155 cm³/mol. The summed E-state index contributed by atoms with van der Waals surface area (Å²) in [7, 11) is -7.45. The summed E-state index contributed by atoms with van der Waals surface area (Å²) in [6.45, 7) is 2.10. The van der Waals surface area contributed by atoms with Crippen molar-refractivity contribution >= 4 is 50.9 Å². The van der Waals surface area contributed by atoms with Crippen molar-refractivity contribution in [2.45, 2.75) is 29.7 Å². The van der Waals surface area contributed by atoms with Gasteiger partial charge in [-0.2, -0.15) is 12.7 Å². The van der Waals surface area contributed by atoms with Crippen LogP contribution in [0.15, 0.2) is 81.9 Å². The number of benzene rings is 2. The number of halogens is 2. The molecule has 0 amide bonds. The van der Waals surface area contributed by atoms with E-state index in [0.717, 1.165) is 9.87 Å². The molecule has 0 aliphatic rings. The van der Waals surface area contributed by atoms with Gasteiger partial charge in [0, 0.05) is 32.4 Å². The zero-order chi connectivity index (χ0) is 27.8. The maximum Gasteiger partial charge on any atom is 0.340 e. The Hall–Kier alpha value is -3.30. The van der Waals surface area contributed by atoms with E-state index in [1.807, 2.05) is 0 Å². The first-order valence-corrected chi connectivity index (χ1v) is 14.2. The molecule has 0 bridgehead atoms. The Kier molecular flexibility index (Phi) is 13.4. The molecule has 0 aliphatic heterocycles. The van der Waals surface area contributed by atoms with Gasteiger partial charge in [0.2, 0.25) is 16.0 Å². The molecule has 220 valence electrons. The van der Waals surface area contributed by atoms with E-state index in [9.17, 15) is 16.8 Å². The van der Waals surface area contributed by atoms with Gasteiger partial charge in [-0.3, -0.25) is 4.98 Å². The van der Waals surface area contributed by atoms with Gasteiger partial charge in [-0.05, 0) is 53.5 Å². The zero-order valence-corrected chi connectivity index (χ0v) is 24.9. The normalized spacial score (nSPS) is 11.1. The quantitative estimate of drug-likeness (QED) is 0.0933. The summed E-state index contributed by atoms with van der Waals surface area (Å²) in [5.74, 6) is -0.155. The maximum absolute atomic E-state index is 13.4. The minimum absolute atomic E-state index is 0. The average molecular weight is 637 g/mol. The molecule has 1 heterocycles. The number of hydrogen-bond donors (Lipinski definition) is 2. The fraction of sp³-hybridized carbons (Fsp3) is 0.250. The first-order valence-electron chi connectivity index (χ1n) is 11.3. The SMILES string of the molecule is Cc1ccc(OS(=O)(=O)c2ccccc2S(=O)(=O)N(C)Cc2cccnc2)c(OCCCON=C(N)N)c1.Cl.Cl. The highest BCUT2D eigenvalue weighted by atomic mass is 35.5. The molecule has 3 rings (SSSR count). The molecular weight excluding hydrogens is 605 g/mol. The Morgan fingerprint density at radius 2 is 1.65 bits per heavy atom. The van der Waals surface area contributed by atoms with E-state index >= 15 is 0 Å². The number of oxime groups is 1. The monoisotopic (exact) mass is 635 g/mol. The molecule has 0 saturated carbocycles. The van der Waals surface area contributed by atoms with Crippen LogP contribution in [0.2, 0.25) is 0 Å². The van der Waals surface area contributed by atoms with Crippen LogP contribution >= 0.6 is 24.8 Å². The second-order valence-corrected chi connectivity index (χ2v) is 11.6. The van der Waals surface area contributed by atoms with Crippen molar-refractivity contribution in [2.24, 2.45) is 16.6 Å². The summed E-state index contributed by atoms with van der Waals surface area (Å²) in [5, 5.41) is 3.40. The van der Waals surface area contributed by atoms with Crippen molar-refractivity contribution in [3.05, 3.63) is 78.1 Å². The summed E-state index contributed by atoms with van der Waals surface area (Å²) in [6.07, 6.45) is 3.49. The van der Waals surface area contributed by atoms with Gasteiger partial charge >= 0.3 is 10.1 Å². The fourth-order valence-electron chi connectivity index (χ4n) is 3.26. The Balaban J connectivity index is 0.00000400. The van der Waals surface area contributed by atoms with Gasteiger partial charge in [0.05, 0.1) is 6.61 Å². The molecule has 0 spiro atoms. The van der Waals surface area contributed by atoms with Crippen LogP contribution in [0.5, 0.6) is 11.5 Å². The number of ether oxygens (including phenoxy) is 1. The van der Waals surface area contributed by atoms with Crippen molar-refractivity contribution in [2.75, 3.05) is 20.3 Å². The van der Waals surface area contributed by atoms with Crippen LogP contribution in [-0.4, -0.2) is 52.3 Å². The van der Waals surface area contributed by atoms with Crippen LogP contribution in [-0.2, 0) is 31.5 Å². The predicted octanol–water partition coefficient (Wildman–Crippen LogP) is 2.80. The number of sulfonamides is 1. The molecule has 12 nitrogen and oxygen atoms in total. The minimum atomic E-state index is -4.59. The second kappa shape index (κ2) is 15.5. The molecule has 0 radical (unpaired) electrons. The third kappa shape index (κ3) is 9.41. The Bertz CT molecular complexity index is 1490. The molecule has 0 atom stereocenters. The molecule has 0 unspecified atom stereocenters. The summed E-state index contributed by atoms with van der Waals surface area (Å²) < 4.78 is 65.5. The number of aromatic nitrogens is 1. The van der Waals surface area contributed by atoms with Gasteiger partial charge in [0.15, 0.2) is 11.5 Å². The van der Waals surface area contributed by atoms with Crippen LogP contribution in [0.1, 0.15) is 17.5 Å². The molecule has 3 aromatic rings.